The van der Waals surface area contributed by atoms with Gasteiger partial charge >= 0.3 is 0 Å². The molecular formula is C15H21N3O. The van der Waals surface area contributed by atoms with E-state index in [9.17, 15) is 0 Å². The van der Waals surface area contributed by atoms with Gasteiger partial charge < -0.3 is 16.2 Å². The highest BCUT2D eigenvalue weighted by atomic mass is 16.3. The molecule has 0 saturated heterocycles. The Labute approximate surface area is 113 Å². The lowest BCUT2D eigenvalue weighted by Crippen LogP contribution is -2.24. The molecule has 4 N–H and O–H groups in total. The minimum absolute atomic E-state index is 0.0463. The number of nitrogens with zero attached hydrogens (tertiary/aromatic N) is 1. The Bertz CT molecular complexity index is 566. The van der Waals surface area contributed by atoms with Crippen LogP contribution in [0.1, 0.15) is 20.3 Å². The summed E-state index contributed by atoms with van der Waals surface area (Å²) >= 11 is 0. The van der Waals surface area contributed by atoms with E-state index >= 15 is 0 Å². The number of hydrogen-bond acceptors (Lipinski definition) is 4. The smallest absolute Gasteiger partial charge is 0.0437 e. The summed E-state index contributed by atoms with van der Waals surface area (Å²) < 4.78 is 0. The first kappa shape index (κ1) is 13.6. The number of benzene rings is 1. The lowest BCUT2D eigenvalue weighted by atomic mass is 9.89. The minimum Gasteiger partial charge on any atom is -0.398 e. The molecule has 4 nitrogen and oxygen atoms in total. The van der Waals surface area contributed by atoms with Gasteiger partial charge in [-0.2, -0.15) is 0 Å². The van der Waals surface area contributed by atoms with Crippen molar-refractivity contribution in [2.24, 2.45) is 5.41 Å². The Balaban J connectivity index is 2.24. The van der Waals surface area contributed by atoms with E-state index in [2.05, 4.69) is 24.1 Å². The molecule has 0 atom stereocenters. The Morgan fingerprint density at radius 1 is 1.26 bits per heavy atom. The molecule has 0 radical (unpaired) electrons. The van der Waals surface area contributed by atoms with E-state index in [0.29, 0.717) is 0 Å². The van der Waals surface area contributed by atoms with E-state index in [1.165, 1.54) is 0 Å². The summed E-state index contributed by atoms with van der Waals surface area (Å²) in [6.07, 6.45) is 4.34. The first-order valence-corrected chi connectivity index (χ1v) is 6.50. The van der Waals surface area contributed by atoms with E-state index in [1.54, 1.807) is 6.20 Å². The summed E-state index contributed by atoms with van der Waals surface area (Å²) in [5, 5.41) is 14.5. The maximum absolute atomic E-state index is 9.05. The van der Waals surface area contributed by atoms with E-state index in [-0.39, 0.29) is 12.0 Å². The van der Waals surface area contributed by atoms with E-state index in [1.807, 2.05) is 24.4 Å². The van der Waals surface area contributed by atoms with Crippen molar-refractivity contribution in [3.8, 4) is 0 Å². The molecule has 0 aliphatic rings. The van der Waals surface area contributed by atoms with Gasteiger partial charge in [0.05, 0.1) is 0 Å². The number of rotatable bonds is 5. The van der Waals surface area contributed by atoms with Gasteiger partial charge in [-0.05, 0) is 30.0 Å². The van der Waals surface area contributed by atoms with Crippen LogP contribution in [0.3, 0.4) is 0 Å². The molecule has 1 heterocycles. The molecule has 19 heavy (non-hydrogen) atoms. The molecule has 0 aliphatic carbocycles. The van der Waals surface area contributed by atoms with E-state index < -0.39 is 0 Å². The number of aromatic nitrogens is 1. The number of aliphatic hydroxyl groups excluding tert-OH is 1. The number of fused-ring (bicyclic) bond motifs is 1. The monoisotopic (exact) mass is 259 g/mol. The lowest BCUT2D eigenvalue weighted by molar-refractivity contribution is 0.220. The van der Waals surface area contributed by atoms with Crippen LogP contribution in [-0.2, 0) is 0 Å². The molecular weight excluding hydrogens is 238 g/mol. The first-order valence-electron chi connectivity index (χ1n) is 6.50. The molecule has 0 saturated carbocycles. The summed E-state index contributed by atoms with van der Waals surface area (Å²) in [5.74, 6) is 0. The molecule has 0 fully saturated rings. The van der Waals surface area contributed by atoms with Crippen molar-refractivity contribution in [2.75, 3.05) is 24.2 Å². The molecule has 0 aliphatic heterocycles. The fourth-order valence-corrected chi connectivity index (χ4v) is 2.09. The Morgan fingerprint density at radius 3 is 2.79 bits per heavy atom. The van der Waals surface area contributed by atoms with Crippen molar-refractivity contribution >= 4 is 22.1 Å². The second kappa shape index (κ2) is 5.45. The van der Waals surface area contributed by atoms with Crippen LogP contribution in [-0.4, -0.2) is 23.2 Å². The van der Waals surface area contributed by atoms with Crippen LogP contribution in [0, 0.1) is 5.41 Å². The highest BCUT2D eigenvalue weighted by Crippen LogP contribution is 2.29. The highest BCUT2D eigenvalue weighted by molar-refractivity contribution is 6.00. The average molecular weight is 259 g/mol. The van der Waals surface area contributed by atoms with Crippen LogP contribution < -0.4 is 11.1 Å². The van der Waals surface area contributed by atoms with Crippen molar-refractivity contribution in [3.05, 3.63) is 30.6 Å². The molecule has 0 amide bonds. The quantitative estimate of drug-likeness (QED) is 0.722. The summed E-state index contributed by atoms with van der Waals surface area (Å²) in [6, 6.07) is 5.81. The number of nitrogens with two attached hydrogens (primary N) is 1. The molecule has 0 spiro atoms. The van der Waals surface area contributed by atoms with Crippen LogP contribution in [0.25, 0.3) is 10.8 Å². The Hall–Kier alpha value is -1.81. The summed E-state index contributed by atoms with van der Waals surface area (Å²) in [6.45, 7) is 5.27. The zero-order valence-electron chi connectivity index (χ0n) is 11.5. The number of anilines is 2. The second-order valence-electron chi connectivity index (χ2n) is 5.61. The zero-order valence-corrected chi connectivity index (χ0v) is 11.5. The van der Waals surface area contributed by atoms with Gasteiger partial charge in [-0.25, -0.2) is 0 Å². The van der Waals surface area contributed by atoms with Gasteiger partial charge in [-0.1, -0.05) is 13.8 Å². The fraction of sp³-hybridized carbons (Fsp3) is 0.400. The first-order chi connectivity index (χ1) is 9.03. The number of nitrogen functional groups attached to an aromatic ring is 1. The molecule has 2 aromatic rings. The lowest BCUT2D eigenvalue weighted by Gasteiger charge is -2.25. The third kappa shape index (κ3) is 3.15. The van der Waals surface area contributed by atoms with Gasteiger partial charge in [0.1, 0.15) is 0 Å². The number of pyridine rings is 1. The zero-order chi connectivity index (χ0) is 13.9. The molecule has 2 rings (SSSR count). The SMILES string of the molecule is CC(C)(CCO)CNc1ccc(N)c2ccncc12. The molecule has 1 aromatic heterocycles. The topological polar surface area (TPSA) is 71.2 Å². The van der Waals surface area contributed by atoms with Gasteiger partial charge in [0, 0.05) is 47.7 Å². The molecule has 4 heteroatoms. The van der Waals surface area contributed by atoms with Crippen molar-refractivity contribution in [2.45, 2.75) is 20.3 Å². The number of aliphatic hydroxyl groups is 1. The standard InChI is InChI=1S/C15H21N3O/c1-15(2,6-8-19)10-18-14-4-3-13(16)11-5-7-17-9-12(11)14/h3-5,7,9,18-19H,6,8,10,16H2,1-2H3. The van der Waals surface area contributed by atoms with Gasteiger partial charge in [0.25, 0.3) is 0 Å². The summed E-state index contributed by atoms with van der Waals surface area (Å²) in [4.78, 5) is 4.16. The summed E-state index contributed by atoms with van der Waals surface area (Å²) in [5.41, 5.74) is 7.80. The summed E-state index contributed by atoms with van der Waals surface area (Å²) in [7, 11) is 0. The molecule has 0 bridgehead atoms. The average Bonchev–Trinajstić information content (AvgIpc) is 2.38. The third-order valence-electron chi connectivity index (χ3n) is 3.40. The third-order valence-corrected chi connectivity index (χ3v) is 3.40. The van der Waals surface area contributed by atoms with Crippen molar-refractivity contribution in [1.29, 1.82) is 0 Å². The van der Waals surface area contributed by atoms with Crippen LogP contribution in [0.4, 0.5) is 11.4 Å². The minimum atomic E-state index is 0.0463. The van der Waals surface area contributed by atoms with Gasteiger partial charge in [-0.15, -0.1) is 0 Å². The maximum atomic E-state index is 9.05. The predicted molar refractivity (Wildman–Crippen MR) is 80.1 cm³/mol. The van der Waals surface area contributed by atoms with E-state index in [4.69, 9.17) is 10.8 Å². The van der Waals surface area contributed by atoms with Gasteiger partial charge in [0.15, 0.2) is 0 Å². The maximum Gasteiger partial charge on any atom is 0.0437 e. The second-order valence-corrected chi connectivity index (χ2v) is 5.61. The highest BCUT2D eigenvalue weighted by Gasteiger charge is 2.17. The van der Waals surface area contributed by atoms with Crippen molar-refractivity contribution < 1.29 is 5.11 Å². The van der Waals surface area contributed by atoms with Crippen LogP contribution in [0.15, 0.2) is 30.6 Å². The normalized spacial score (nSPS) is 11.7. The number of nitrogens with one attached hydrogen (secondary N) is 1. The van der Waals surface area contributed by atoms with Crippen LogP contribution >= 0.6 is 0 Å². The van der Waals surface area contributed by atoms with E-state index in [0.717, 1.165) is 35.1 Å². The van der Waals surface area contributed by atoms with Crippen LogP contribution in [0.5, 0.6) is 0 Å². The predicted octanol–water partition coefficient (Wildman–Crippen LogP) is 2.64. The van der Waals surface area contributed by atoms with Gasteiger partial charge in [-0.3, -0.25) is 4.98 Å². The molecule has 102 valence electrons. The Kier molecular flexibility index (Phi) is 3.90. The fourth-order valence-electron chi connectivity index (χ4n) is 2.09. The van der Waals surface area contributed by atoms with Crippen molar-refractivity contribution in [3.63, 3.8) is 0 Å². The largest absolute Gasteiger partial charge is 0.398 e. The van der Waals surface area contributed by atoms with Crippen LogP contribution in [0.2, 0.25) is 0 Å². The Morgan fingerprint density at radius 2 is 2.05 bits per heavy atom. The van der Waals surface area contributed by atoms with Crippen molar-refractivity contribution in [1.82, 2.24) is 4.98 Å². The number of hydrogen-bond donors (Lipinski definition) is 3. The van der Waals surface area contributed by atoms with Gasteiger partial charge in [0.2, 0.25) is 0 Å². The molecule has 1 aromatic carbocycles. The molecule has 0 unspecified atom stereocenters.